The summed E-state index contributed by atoms with van der Waals surface area (Å²) >= 11 is 1.48. The van der Waals surface area contributed by atoms with Crippen LogP contribution < -0.4 is 11.1 Å². The largest absolute Gasteiger partial charge is 0.462 e. The number of carbonyl (C=O) groups excluding carboxylic acids is 1. The van der Waals surface area contributed by atoms with Crippen LogP contribution in [-0.4, -0.2) is 16.9 Å². The maximum atomic E-state index is 11.3. The second-order valence-corrected chi connectivity index (χ2v) is 4.49. The van der Waals surface area contributed by atoms with E-state index in [1.165, 1.54) is 11.3 Å². The molecule has 0 saturated carbocycles. The van der Waals surface area contributed by atoms with Crippen LogP contribution in [0.3, 0.4) is 0 Å². The van der Waals surface area contributed by atoms with Crippen molar-refractivity contribution in [2.24, 2.45) is 5.73 Å². The van der Waals surface area contributed by atoms with Crippen molar-refractivity contribution in [1.29, 1.82) is 0 Å². The van der Waals surface area contributed by atoms with Crippen LogP contribution in [0.4, 0.5) is 0 Å². The maximum absolute atomic E-state index is 11.3. The van der Waals surface area contributed by atoms with E-state index in [2.05, 4.69) is 10.3 Å². The predicted molar refractivity (Wildman–Crippen MR) is 65.3 cm³/mol. The van der Waals surface area contributed by atoms with Gasteiger partial charge in [-0.2, -0.15) is 0 Å². The molecule has 2 heterocycles. The first kappa shape index (κ1) is 11.8. The molecule has 0 aliphatic rings. The molecule has 0 aliphatic carbocycles. The number of rotatable bonds is 4. The third kappa shape index (κ3) is 2.92. The van der Waals surface area contributed by atoms with Crippen LogP contribution in [0.5, 0.6) is 0 Å². The molecule has 0 aromatic carbocycles. The molecule has 6 heteroatoms. The lowest BCUT2D eigenvalue weighted by Crippen LogP contribution is -2.37. The van der Waals surface area contributed by atoms with Crippen molar-refractivity contribution in [2.45, 2.75) is 19.5 Å². The molecule has 0 unspecified atom stereocenters. The average molecular weight is 251 g/mol. The minimum absolute atomic E-state index is 0.183. The Labute approximate surface area is 103 Å². The van der Waals surface area contributed by atoms with E-state index in [1.807, 2.05) is 17.5 Å². The summed E-state index contributed by atoms with van der Waals surface area (Å²) in [6, 6.07) is 3.16. The van der Waals surface area contributed by atoms with Crippen molar-refractivity contribution < 1.29 is 9.21 Å². The monoisotopic (exact) mass is 251 g/mol. The van der Waals surface area contributed by atoms with E-state index >= 15 is 0 Å². The summed E-state index contributed by atoms with van der Waals surface area (Å²) in [6.07, 6.45) is 1.61. The molecule has 0 fully saturated rings. The van der Waals surface area contributed by atoms with Gasteiger partial charge >= 0.3 is 0 Å². The Morgan fingerprint density at radius 1 is 1.71 bits per heavy atom. The first-order valence-corrected chi connectivity index (χ1v) is 6.06. The van der Waals surface area contributed by atoms with Gasteiger partial charge in [0, 0.05) is 5.38 Å². The lowest BCUT2D eigenvalue weighted by atomic mass is 10.3. The zero-order chi connectivity index (χ0) is 12.3. The van der Waals surface area contributed by atoms with Crippen molar-refractivity contribution in [2.75, 3.05) is 0 Å². The standard InChI is InChI=1S/C11H13N3O2S/c1-7(12)10(15)13-5-8-6-17-11(14-8)9-3-2-4-16-9/h2-4,6-7H,5,12H2,1H3,(H,13,15)/t7-/m1/s1. The van der Waals surface area contributed by atoms with E-state index in [4.69, 9.17) is 10.2 Å². The molecule has 0 radical (unpaired) electrons. The van der Waals surface area contributed by atoms with Gasteiger partial charge in [0.1, 0.15) is 0 Å². The summed E-state index contributed by atoms with van der Waals surface area (Å²) in [5.74, 6) is 0.553. The molecule has 1 amide bonds. The molecule has 0 saturated heterocycles. The van der Waals surface area contributed by atoms with Crippen LogP contribution >= 0.6 is 11.3 Å². The highest BCUT2D eigenvalue weighted by atomic mass is 32.1. The molecule has 1 atom stereocenters. The lowest BCUT2D eigenvalue weighted by molar-refractivity contribution is -0.122. The van der Waals surface area contributed by atoms with Crippen molar-refractivity contribution in [1.82, 2.24) is 10.3 Å². The van der Waals surface area contributed by atoms with Crippen LogP contribution in [0.25, 0.3) is 10.8 Å². The fraction of sp³-hybridized carbons (Fsp3) is 0.273. The Morgan fingerprint density at radius 2 is 2.53 bits per heavy atom. The zero-order valence-electron chi connectivity index (χ0n) is 9.34. The van der Waals surface area contributed by atoms with E-state index in [9.17, 15) is 4.79 Å². The summed E-state index contributed by atoms with van der Waals surface area (Å²) in [7, 11) is 0. The van der Waals surface area contributed by atoms with Crippen molar-refractivity contribution >= 4 is 17.2 Å². The number of thiazole rings is 1. The second-order valence-electron chi connectivity index (χ2n) is 3.63. The van der Waals surface area contributed by atoms with E-state index in [-0.39, 0.29) is 5.91 Å². The van der Waals surface area contributed by atoms with Crippen molar-refractivity contribution in [3.63, 3.8) is 0 Å². The number of nitrogens with one attached hydrogen (secondary N) is 1. The lowest BCUT2D eigenvalue weighted by Gasteiger charge is -2.05. The molecular weight excluding hydrogens is 238 g/mol. The van der Waals surface area contributed by atoms with Crippen molar-refractivity contribution in [3.8, 4) is 10.8 Å². The summed E-state index contributed by atoms with van der Waals surface area (Å²) < 4.78 is 5.24. The Morgan fingerprint density at radius 3 is 3.18 bits per heavy atom. The fourth-order valence-electron chi connectivity index (χ4n) is 1.24. The summed E-state index contributed by atoms with van der Waals surface area (Å²) in [6.45, 7) is 2.03. The first-order chi connectivity index (χ1) is 8.16. The number of nitrogens with two attached hydrogens (primary N) is 1. The molecule has 0 aliphatic heterocycles. The number of amides is 1. The molecule has 0 spiro atoms. The zero-order valence-corrected chi connectivity index (χ0v) is 10.2. The van der Waals surface area contributed by atoms with Crippen LogP contribution in [0.2, 0.25) is 0 Å². The normalized spacial score (nSPS) is 12.4. The van der Waals surface area contributed by atoms with Crippen LogP contribution in [0.15, 0.2) is 28.2 Å². The van der Waals surface area contributed by atoms with Gasteiger partial charge < -0.3 is 15.5 Å². The number of aromatic nitrogens is 1. The number of furan rings is 1. The Balaban J connectivity index is 1.97. The third-order valence-corrected chi connectivity index (χ3v) is 3.05. The van der Waals surface area contributed by atoms with Crippen molar-refractivity contribution in [3.05, 3.63) is 29.5 Å². The minimum Gasteiger partial charge on any atom is -0.462 e. The van der Waals surface area contributed by atoms with Gasteiger partial charge in [-0.25, -0.2) is 4.98 Å². The summed E-state index contributed by atoms with van der Waals surface area (Å²) in [5.41, 5.74) is 6.24. The maximum Gasteiger partial charge on any atom is 0.236 e. The van der Waals surface area contributed by atoms with Crippen LogP contribution in [-0.2, 0) is 11.3 Å². The van der Waals surface area contributed by atoms with Crippen LogP contribution in [0, 0.1) is 0 Å². The van der Waals surface area contributed by atoms with Gasteiger partial charge in [-0.15, -0.1) is 11.3 Å². The van der Waals surface area contributed by atoms with E-state index in [0.29, 0.717) is 6.54 Å². The van der Waals surface area contributed by atoms with E-state index in [0.717, 1.165) is 16.5 Å². The quantitative estimate of drug-likeness (QED) is 0.859. The molecule has 0 bridgehead atoms. The number of nitrogens with zero attached hydrogens (tertiary/aromatic N) is 1. The van der Waals surface area contributed by atoms with Gasteiger partial charge in [-0.1, -0.05) is 0 Å². The number of hydrogen-bond donors (Lipinski definition) is 2. The third-order valence-electron chi connectivity index (χ3n) is 2.14. The summed E-state index contributed by atoms with van der Waals surface area (Å²) in [4.78, 5) is 15.6. The summed E-state index contributed by atoms with van der Waals surface area (Å²) in [5, 5.41) is 5.40. The molecule has 17 heavy (non-hydrogen) atoms. The fourth-order valence-corrected chi connectivity index (χ4v) is 2.03. The van der Waals surface area contributed by atoms with Gasteiger partial charge in [-0.05, 0) is 19.1 Å². The molecular formula is C11H13N3O2S. The smallest absolute Gasteiger partial charge is 0.236 e. The predicted octanol–water partition coefficient (Wildman–Crippen LogP) is 1.37. The molecule has 90 valence electrons. The molecule has 3 N–H and O–H groups in total. The Bertz CT molecular complexity index is 491. The Hall–Kier alpha value is -1.66. The average Bonchev–Trinajstić information content (AvgIpc) is 2.95. The minimum atomic E-state index is -0.502. The first-order valence-electron chi connectivity index (χ1n) is 5.18. The van der Waals surface area contributed by atoms with Gasteiger partial charge in [0.25, 0.3) is 0 Å². The SMILES string of the molecule is C[C@@H](N)C(=O)NCc1csc(-c2ccco2)n1. The van der Waals surface area contributed by atoms with Gasteiger partial charge in [0.15, 0.2) is 10.8 Å². The number of hydrogen-bond acceptors (Lipinski definition) is 5. The molecule has 2 aromatic heterocycles. The highest BCUT2D eigenvalue weighted by Gasteiger charge is 2.09. The molecule has 2 aromatic rings. The van der Waals surface area contributed by atoms with Crippen LogP contribution in [0.1, 0.15) is 12.6 Å². The number of carbonyl (C=O) groups is 1. The van der Waals surface area contributed by atoms with Gasteiger partial charge in [-0.3, -0.25) is 4.79 Å². The van der Waals surface area contributed by atoms with Gasteiger partial charge in [0.2, 0.25) is 5.91 Å². The molecule has 5 nitrogen and oxygen atoms in total. The second kappa shape index (κ2) is 5.11. The topological polar surface area (TPSA) is 81.2 Å². The van der Waals surface area contributed by atoms with Gasteiger partial charge in [0.05, 0.1) is 24.5 Å². The Kier molecular flexibility index (Phi) is 3.55. The molecule has 2 rings (SSSR count). The van der Waals surface area contributed by atoms with E-state index < -0.39 is 6.04 Å². The highest BCUT2D eigenvalue weighted by Crippen LogP contribution is 2.23. The highest BCUT2D eigenvalue weighted by molar-refractivity contribution is 7.13. The van der Waals surface area contributed by atoms with E-state index in [1.54, 1.807) is 13.2 Å².